The molecule has 0 bridgehead atoms. The van der Waals surface area contributed by atoms with Crippen LogP contribution in [0.5, 0.6) is 0 Å². The highest BCUT2D eigenvalue weighted by molar-refractivity contribution is 5.96. The number of aromatic nitrogens is 1. The van der Waals surface area contributed by atoms with Gasteiger partial charge in [0.1, 0.15) is 0 Å². The first-order chi connectivity index (χ1) is 10.1. The molecule has 2 aromatic carbocycles. The van der Waals surface area contributed by atoms with Crippen molar-refractivity contribution in [1.82, 2.24) is 4.98 Å². The summed E-state index contributed by atoms with van der Waals surface area (Å²) in [6.07, 6.45) is 0. The highest BCUT2D eigenvalue weighted by atomic mass is 14.7. The van der Waals surface area contributed by atoms with Crippen molar-refractivity contribution in [1.29, 1.82) is 0 Å². The number of rotatable bonds is 2. The zero-order valence-electron chi connectivity index (χ0n) is 12.7. The molecule has 0 fully saturated rings. The summed E-state index contributed by atoms with van der Waals surface area (Å²) in [6, 6.07) is 16.5. The summed E-state index contributed by atoms with van der Waals surface area (Å²) in [6.45, 7) is 6.43. The number of fused-ring (bicyclic) bond motifs is 1. The first kappa shape index (κ1) is 13.6. The van der Waals surface area contributed by atoms with Gasteiger partial charge in [0, 0.05) is 16.6 Å². The standard InChI is InChI=1S/C19H20N2/c1-12(2)15-10-7-11-16-17(20)13(3)18(21-19(15)16)14-8-5-4-6-9-14/h4-12H,1-3H3,(H2,20,21). The van der Waals surface area contributed by atoms with Crippen LogP contribution in [0, 0.1) is 6.92 Å². The largest absolute Gasteiger partial charge is 0.398 e. The molecular weight excluding hydrogens is 256 g/mol. The molecule has 3 aromatic rings. The van der Waals surface area contributed by atoms with E-state index in [0.717, 1.165) is 33.4 Å². The van der Waals surface area contributed by atoms with Crippen LogP contribution in [-0.4, -0.2) is 4.98 Å². The van der Waals surface area contributed by atoms with Gasteiger partial charge < -0.3 is 5.73 Å². The minimum Gasteiger partial charge on any atom is -0.398 e. The molecule has 0 radical (unpaired) electrons. The van der Waals surface area contributed by atoms with Crippen molar-refractivity contribution in [3.63, 3.8) is 0 Å². The van der Waals surface area contributed by atoms with Crippen LogP contribution in [0.1, 0.15) is 30.9 Å². The summed E-state index contributed by atoms with van der Waals surface area (Å²) < 4.78 is 0. The molecule has 0 unspecified atom stereocenters. The first-order valence-corrected chi connectivity index (χ1v) is 7.33. The molecule has 0 spiro atoms. The lowest BCUT2D eigenvalue weighted by Crippen LogP contribution is -2.01. The second-order valence-electron chi connectivity index (χ2n) is 5.76. The molecule has 0 amide bonds. The Morgan fingerprint density at radius 3 is 2.33 bits per heavy atom. The van der Waals surface area contributed by atoms with Crippen molar-refractivity contribution in [2.75, 3.05) is 5.73 Å². The van der Waals surface area contributed by atoms with Gasteiger partial charge in [-0.3, -0.25) is 0 Å². The summed E-state index contributed by atoms with van der Waals surface area (Å²) in [4.78, 5) is 4.95. The van der Waals surface area contributed by atoms with Crippen molar-refractivity contribution in [2.24, 2.45) is 0 Å². The number of nitrogens with two attached hydrogens (primary N) is 1. The van der Waals surface area contributed by atoms with E-state index in [9.17, 15) is 0 Å². The molecule has 1 heterocycles. The number of nitrogens with zero attached hydrogens (tertiary/aromatic N) is 1. The third kappa shape index (κ3) is 2.27. The predicted octanol–water partition coefficient (Wildman–Crippen LogP) is 4.92. The highest BCUT2D eigenvalue weighted by Gasteiger charge is 2.14. The maximum absolute atomic E-state index is 6.39. The van der Waals surface area contributed by atoms with Crippen LogP contribution in [-0.2, 0) is 0 Å². The Balaban J connectivity index is 2.37. The van der Waals surface area contributed by atoms with Crippen molar-refractivity contribution in [3.8, 4) is 11.3 Å². The Kier molecular flexibility index (Phi) is 3.38. The number of para-hydroxylation sites is 1. The van der Waals surface area contributed by atoms with E-state index in [1.54, 1.807) is 0 Å². The predicted molar refractivity (Wildman–Crippen MR) is 90.4 cm³/mol. The fourth-order valence-corrected chi connectivity index (χ4v) is 2.77. The molecule has 2 nitrogen and oxygen atoms in total. The Bertz CT molecular complexity index is 790. The molecule has 0 saturated carbocycles. The van der Waals surface area contributed by atoms with Crippen LogP contribution in [0.2, 0.25) is 0 Å². The number of hydrogen-bond acceptors (Lipinski definition) is 2. The van der Waals surface area contributed by atoms with Gasteiger partial charge in [0.25, 0.3) is 0 Å². The maximum Gasteiger partial charge on any atom is 0.0765 e. The zero-order valence-corrected chi connectivity index (χ0v) is 12.7. The molecule has 0 atom stereocenters. The SMILES string of the molecule is Cc1c(-c2ccccc2)nc2c(C(C)C)cccc2c1N. The van der Waals surface area contributed by atoms with Gasteiger partial charge in [0.2, 0.25) is 0 Å². The number of benzene rings is 2. The van der Waals surface area contributed by atoms with Crippen LogP contribution in [0.15, 0.2) is 48.5 Å². The Hall–Kier alpha value is -2.35. The van der Waals surface area contributed by atoms with Gasteiger partial charge in [0.15, 0.2) is 0 Å². The first-order valence-electron chi connectivity index (χ1n) is 7.33. The lowest BCUT2D eigenvalue weighted by molar-refractivity contribution is 0.873. The Labute approximate surface area is 125 Å². The topological polar surface area (TPSA) is 38.9 Å². The summed E-state index contributed by atoms with van der Waals surface area (Å²) in [5.74, 6) is 0.423. The maximum atomic E-state index is 6.39. The normalized spacial score (nSPS) is 11.2. The average Bonchev–Trinajstić information content (AvgIpc) is 2.51. The third-order valence-corrected chi connectivity index (χ3v) is 4.01. The van der Waals surface area contributed by atoms with Crippen molar-refractivity contribution in [2.45, 2.75) is 26.7 Å². The van der Waals surface area contributed by atoms with Crippen LogP contribution >= 0.6 is 0 Å². The number of anilines is 1. The van der Waals surface area contributed by atoms with Crippen molar-refractivity contribution < 1.29 is 0 Å². The lowest BCUT2D eigenvalue weighted by Gasteiger charge is -2.15. The summed E-state index contributed by atoms with van der Waals surface area (Å²) in [5.41, 5.74) is 12.6. The van der Waals surface area contributed by atoms with Gasteiger partial charge in [-0.25, -0.2) is 4.98 Å². The number of pyridine rings is 1. The van der Waals surface area contributed by atoms with Crippen LogP contribution in [0.3, 0.4) is 0 Å². The van der Waals surface area contributed by atoms with E-state index in [2.05, 4.69) is 44.2 Å². The minimum absolute atomic E-state index is 0.423. The Morgan fingerprint density at radius 2 is 1.67 bits per heavy atom. The highest BCUT2D eigenvalue weighted by Crippen LogP contribution is 2.34. The molecule has 0 aliphatic heterocycles. The fourth-order valence-electron chi connectivity index (χ4n) is 2.77. The van der Waals surface area contributed by atoms with E-state index in [-0.39, 0.29) is 0 Å². The van der Waals surface area contributed by atoms with Crippen LogP contribution in [0.25, 0.3) is 22.2 Å². The molecule has 1 aromatic heterocycles. The van der Waals surface area contributed by atoms with Crippen molar-refractivity contribution in [3.05, 3.63) is 59.7 Å². The number of hydrogen-bond donors (Lipinski definition) is 1. The van der Waals surface area contributed by atoms with E-state index in [1.165, 1.54) is 5.56 Å². The second kappa shape index (κ2) is 5.21. The molecule has 21 heavy (non-hydrogen) atoms. The molecule has 3 rings (SSSR count). The third-order valence-electron chi connectivity index (χ3n) is 4.01. The van der Waals surface area contributed by atoms with E-state index < -0.39 is 0 Å². The molecule has 2 N–H and O–H groups in total. The van der Waals surface area contributed by atoms with Gasteiger partial charge >= 0.3 is 0 Å². The van der Waals surface area contributed by atoms with E-state index in [0.29, 0.717) is 5.92 Å². The van der Waals surface area contributed by atoms with E-state index in [1.807, 2.05) is 25.1 Å². The molecule has 0 saturated heterocycles. The molecule has 0 aliphatic rings. The van der Waals surface area contributed by atoms with Gasteiger partial charge in [-0.15, -0.1) is 0 Å². The lowest BCUT2D eigenvalue weighted by atomic mass is 9.96. The zero-order chi connectivity index (χ0) is 15.0. The van der Waals surface area contributed by atoms with Gasteiger partial charge in [-0.1, -0.05) is 62.4 Å². The summed E-state index contributed by atoms with van der Waals surface area (Å²) in [7, 11) is 0. The van der Waals surface area contributed by atoms with Crippen LogP contribution < -0.4 is 5.73 Å². The monoisotopic (exact) mass is 276 g/mol. The molecule has 106 valence electrons. The molecule has 0 aliphatic carbocycles. The second-order valence-corrected chi connectivity index (χ2v) is 5.76. The summed E-state index contributed by atoms with van der Waals surface area (Å²) in [5, 5.41) is 1.05. The summed E-state index contributed by atoms with van der Waals surface area (Å²) >= 11 is 0. The van der Waals surface area contributed by atoms with Gasteiger partial charge in [-0.2, -0.15) is 0 Å². The Morgan fingerprint density at radius 1 is 0.952 bits per heavy atom. The van der Waals surface area contributed by atoms with E-state index in [4.69, 9.17) is 10.7 Å². The average molecular weight is 276 g/mol. The minimum atomic E-state index is 0.423. The molecule has 2 heteroatoms. The fraction of sp³-hybridized carbons (Fsp3) is 0.211. The van der Waals surface area contributed by atoms with Gasteiger partial charge in [-0.05, 0) is 24.0 Å². The smallest absolute Gasteiger partial charge is 0.0765 e. The van der Waals surface area contributed by atoms with Crippen molar-refractivity contribution >= 4 is 16.6 Å². The number of nitrogen functional groups attached to an aromatic ring is 1. The van der Waals surface area contributed by atoms with E-state index >= 15 is 0 Å². The van der Waals surface area contributed by atoms with Gasteiger partial charge in [0.05, 0.1) is 11.2 Å². The van der Waals surface area contributed by atoms with Crippen LogP contribution in [0.4, 0.5) is 5.69 Å². The quantitative estimate of drug-likeness (QED) is 0.721. The molecular formula is C19H20N2.